The van der Waals surface area contributed by atoms with Gasteiger partial charge < -0.3 is 0 Å². The highest BCUT2D eigenvalue weighted by Gasteiger charge is 2.20. The summed E-state index contributed by atoms with van der Waals surface area (Å²) < 4.78 is 0. The molecule has 0 nitrogen and oxygen atoms in total. The van der Waals surface area contributed by atoms with E-state index in [1.165, 1.54) is 11.3 Å². The fourth-order valence-corrected chi connectivity index (χ4v) is 4.64. The fraction of sp³-hybridized carbons (Fsp3) is 0.692. The Morgan fingerprint density at radius 1 is 1.44 bits per heavy atom. The van der Waals surface area contributed by atoms with Crippen LogP contribution >= 0.6 is 38.9 Å². The molecule has 0 N–H and O–H groups in total. The lowest BCUT2D eigenvalue weighted by atomic mass is 9.83. The largest absolute Gasteiger partial charge is 0.146 e. The molecule has 2 unspecified atom stereocenters. The first-order valence-corrected chi connectivity index (χ1v) is 7.84. The summed E-state index contributed by atoms with van der Waals surface area (Å²) in [5.41, 5.74) is 0.408. The maximum atomic E-state index is 6.13. The second-order valence-corrected chi connectivity index (χ2v) is 8.17. The van der Waals surface area contributed by atoms with Crippen LogP contribution in [0, 0.1) is 11.3 Å². The Labute approximate surface area is 117 Å². The maximum Gasteiger partial charge on any atom is 0.0556 e. The third-order valence-corrected chi connectivity index (χ3v) is 5.11. The van der Waals surface area contributed by atoms with Gasteiger partial charge >= 0.3 is 0 Å². The van der Waals surface area contributed by atoms with E-state index in [2.05, 4.69) is 49.0 Å². The zero-order valence-corrected chi connectivity index (χ0v) is 13.5. The van der Waals surface area contributed by atoms with Crippen LogP contribution < -0.4 is 0 Å². The zero-order valence-electron chi connectivity index (χ0n) is 10.4. The minimum Gasteiger partial charge on any atom is -0.146 e. The van der Waals surface area contributed by atoms with Gasteiger partial charge in [-0.05, 0) is 35.6 Å². The fourth-order valence-electron chi connectivity index (χ4n) is 2.12. The number of thiophene rings is 1. The van der Waals surface area contributed by atoms with Gasteiger partial charge in [0.1, 0.15) is 0 Å². The van der Waals surface area contributed by atoms with E-state index >= 15 is 0 Å². The maximum absolute atomic E-state index is 6.13. The third kappa shape index (κ3) is 4.77. The second-order valence-electron chi connectivity index (χ2n) is 5.71. The Morgan fingerprint density at radius 2 is 2.06 bits per heavy atom. The Hall–Kier alpha value is 0.470. The average Bonchev–Trinajstić information content (AvgIpc) is 2.47. The van der Waals surface area contributed by atoms with Crippen LogP contribution in [0.3, 0.4) is 0 Å². The van der Waals surface area contributed by atoms with Crippen molar-refractivity contribution in [2.24, 2.45) is 11.3 Å². The molecule has 1 aromatic heterocycles. The zero-order chi connectivity index (χ0) is 12.3. The number of hydrogen-bond donors (Lipinski definition) is 0. The molecule has 0 radical (unpaired) electrons. The van der Waals surface area contributed by atoms with E-state index in [0.29, 0.717) is 16.2 Å². The minimum atomic E-state index is 0.400. The van der Waals surface area contributed by atoms with E-state index in [9.17, 15) is 0 Å². The van der Waals surface area contributed by atoms with Gasteiger partial charge in [-0.15, -0.1) is 11.3 Å². The van der Waals surface area contributed by atoms with Crippen molar-refractivity contribution in [3.63, 3.8) is 0 Å². The molecule has 0 aromatic carbocycles. The van der Waals surface area contributed by atoms with Crippen LogP contribution in [0.25, 0.3) is 0 Å². The lowest BCUT2D eigenvalue weighted by Gasteiger charge is -2.24. The van der Waals surface area contributed by atoms with Crippen LogP contribution in [0.2, 0.25) is 5.02 Å². The highest BCUT2D eigenvalue weighted by molar-refractivity contribution is 9.09. The van der Waals surface area contributed by atoms with Crippen LogP contribution in [0.15, 0.2) is 11.4 Å². The molecule has 1 heterocycles. The second kappa shape index (κ2) is 5.88. The van der Waals surface area contributed by atoms with Crippen molar-refractivity contribution in [1.82, 2.24) is 0 Å². The van der Waals surface area contributed by atoms with Crippen molar-refractivity contribution < 1.29 is 0 Å². The van der Waals surface area contributed by atoms with Gasteiger partial charge in [-0.2, -0.15) is 0 Å². The molecule has 16 heavy (non-hydrogen) atoms. The van der Waals surface area contributed by atoms with Gasteiger partial charge in [-0.1, -0.05) is 55.2 Å². The first kappa shape index (κ1) is 14.5. The van der Waals surface area contributed by atoms with Gasteiger partial charge in [0.15, 0.2) is 0 Å². The van der Waals surface area contributed by atoms with Gasteiger partial charge in [0, 0.05) is 4.88 Å². The van der Waals surface area contributed by atoms with E-state index in [4.69, 9.17) is 11.6 Å². The lowest BCUT2D eigenvalue weighted by molar-refractivity contribution is 0.297. The molecule has 1 aromatic rings. The number of halogens is 2. The average molecular weight is 324 g/mol. The van der Waals surface area contributed by atoms with E-state index < -0.39 is 0 Å². The Morgan fingerprint density at radius 3 is 2.50 bits per heavy atom. The van der Waals surface area contributed by atoms with Gasteiger partial charge in [0.2, 0.25) is 0 Å². The summed E-state index contributed by atoms with van der Waals surface area (Å²) in [6, 6.07) is 1.98. The molecule has 0 aliphatic rings. The molecule has 0 saturated heterocycles. The summed E-state index contributed by atoms with van der Waals surface area (Å²) in [4.78, 5) is 1.67. The normalized spacial score (nSPS) is 16.1. The Balaban J connectivity index is 2.52. The van der Waals surface area contributed by atoms with E-state index in [1.54, 1.807) is 11.3 Å². The standard InChI is InChI=1S/C13H20BrClS/c1-9(8-13(2,3)4)7-10(14)12-11(15)5-6-16-12/h5-6,9-10H,7-8H2,1-4H3. The molecule has 0 bridgehead atoms. The Kier molecular flexibility index (Phi) is 5.34. The summed E-state index contributed by atoms with van der Waals surface area (Å²) >= 11 is 11.6. The van der Waals surface area contributed by atoms with Gasteiger partial charge in [0.25, 0.3) is 0 Å². The number of hydrogen-bond acceptors (Lipinski definition) is 1. The predicted molar refractivity (Wildman–Crippen MR) is 78.9 cm³/mol. The summed E-state index contributed by atoms with van der Waals surface area (Å²) in [6.45, 7) is 9.21. The monoisotopic (exact) mass is 322 g/mol. The topological polar surface area (TPSA) is 0 Å². The summed E-state index contributed by atoms with van der Waals surface area (Å²) in [6.07, 6.45) is 2.40. The first-order valence-electron chi connectivity index (χ1n) is 5.66. The van der Waals surface area contributed by atoms with Crippen molar-refractivity contribution in [2.45, 2.75) is 45.4 Å². The molecule has 0 aliphatic carbocycles. The summed E-state index contributed by atoms with van der Waals surface area (Å²) in [5.74, 6) is 0.711. The summed E-state index contributed by atoms with van der Waals surface area (Å²) in [5, 5.41) is 2.95. The first-order chi connectivity index (χ1) is 7.29. The number of alkyl halides is 1. The molecule has 0 amide bonds. The highest BCUT2D eigenvalue weighted by atomic mass is 79.9. The van der Waals surface area contributed by atoms with E-state index in [-0.39, 0.29) is 0 Å². The lowest BCUT2D eigenvalue weighted by Crippen LogP contribution is -2.12. The van der Waals surface area contributed by atoms with E-state index in [1.807, 2.05) is 6.07 Å². The molecule has 0 saturated carbocycles. The smallest absolute Gasteiger partial charge is 0.0556 e. The van der Waals surface area contributed by atoms with Gasteiger partial charge in [0.05, 0.1) is 9.85 Å². The van der Waals surface area contributed by atoms with Crippen LogP contribution in [-0.2, 0) is 0 Å². The van der Waals surface area contributed by atoms with Crippen molar-refractivity contribution >= 4 is 38.9 Å². The van der Waals surface area contributed by atoms with Crippen molar-refractivity contribution in [3.8, 4) is 0 Å². The van der Waals surface area contributed by atoms with E-state index in [0.717, 1.165) is 11.4 Å². The highest BCUT2D eigenvalue weighted by Crippen LogP contribution is 2.40. The van der Waals surface area contributed by atoms with Crippen molar-refractivity contribution in [3.05, 3.63) is 21.3 Å². The van der Waals surface area contributed by atoms with Gasteiger partial charge in [-0.3, -0.25) is 0 Å². The predicted octanol–water partition coefficient (Wildman–Crippen LogP) is 6.30. The third-order valence-electron chi connectivity index (χ3n) is 2.50. The van der Waals surface area contributed by atoms with Crippen molar-refractivity contribution in [2.75, 3.05) is 0 Å². The molecule has 0 fully saturated rings. The molecule has 0 spiro atoms. The van der Waals surface area contributed by atoms with Crippen LogP contribution in [0.1, 0.15) is 50.2 Å². The molecule has 92 valence electrons. The molecular weight excluding hydrogens is 304 g/mol. The summed E-state index contributed by atoms with van der Waals surface area (Å²) in [7, 11) is 0. The number of rotatable bonds is 4. The van der Waals surface area contributed by atoms with Crippen LogP contribution in [-0.4, -0.2) is 0 Å². The molecule has 2 atom stereocenters. The quantitative estimate of drug-likeness (QED) is 0.570. The molecule has 0 aliphatic heterocycles. The molecule has 3 heteroatoms. The van der Waals surface area contributed by atoms with Crippen LogP contribution in [0.5, 0.6) is 0 Å². The minimum absolute atomic E-state index is 0.400. The van der Waals surface area contributed by atoms with Gasteiger partial charge in [-0.25, -0.2) is 0 Å². The van der Waals surface area contributed by atoms with Crippen molar-refractivity contribution in [1.29, 1.82) is 0 Å². The molecular formula is C13H20BrClS. The SMILES string of the molecule is CC(CC(Br)c1sccc1Cl)CC(C)(C)C. The Bertz CT molecular complexity index is 327. The van der Waals surface area contributed by atoms with Crippen LogP contribution in [0.4, 0.5) is 0 Å². The molecule has 1 rings (SSSR count).